The molecule has 0 aliphatic heterocycles. The molecule has 0 aliphatic carbocycles. The lowest BCUT2D eigenvalue weighted by molar-refractivity contribution is -0.143. The average Bonchev–Trinajstić information content (AvgIpc) is 2.76. The second-order valence-corrected chi connectivity index (χ2v) is 6.20. The van der Waals surface area contributed by atoms with Crippen LogP contribution in [-0.4, -0.2) is 89.5 Å². The smallest absolute Gasteiger partial charge is 0.326 e. The minimum atomic E-state index is -0.520. The van der Waals surface area contributed by atoms with Crippen LogP contribution < -0.4 is 16.2 Å². The Morgan fingerprint density at radius 2 is 1.58 bits per heavy atom. The minimum absolute atomic E-state index is 0.217. The molecular weight excluding hydrogens is 410 g/mol. The van der Waals surface area contributed by atoms with Gasteiger partial charge in [0, 0.05) is 25.4 Å². The van der Waals surface area contributed by atoms with Crippen LogP contribution in [0.2, 0.25) is 0 Å². The van der Waals surface area contributed by atoms with E-state index in [0.29, 0.717) is 64.9 Å². The number of hydrogen-bond acceptors (Lipinski definition) is 9. The van der Waals surface area contributed by atoms with Crippen molar-refractivity contribution >= 4 is 18.1 Å². The second-order valence-electron chi connectivity index (χ2n) is 6.20. The van der Waals surface area contributed by atoms with Crippen molar-refractivity contribution in [2.24, 2.45) is 5.73 Å². The van der Waals surface area contributed by atoms with E-state index < -0.39 is 5.97 Å². The van der Waals surface area contributed by atoms with Gasteiger partial charge in [-0.25, -0.2) is 0 Å². The number of esters is 1. The number of pyridine rings is 1. The molecule has 0 radical (unpaired) electrons. The van der Waals surface area contributed by atoms with Crippen molar-refractivity contribution in [1.82, 2.24) is 4.57 Å². The zero-order valence-corrected chi connectivity index (χ0v) is 18.0. The van der Waals surface area contributed by atoms with Gasteiger partial charge in [-0.15, -0.1) is 0 Å². The van der Waals surface area contributed by atoms with Crippen molar-refractivity contribution in [3.63, 3.8) is 0 Å². The molecule has 31 heavy (non-hydrogen) atoms. The molecule has 176 valence electrons. The molecule has 0 saturated carbocycles. The molecule has 2 N–H and O–H groups in total. The maximum atomic E-state index is 11.9. The summed E-state index contributed by atoms with van der Waals surface area (Å²) < 4.78 is 27.4. The lowest BCUT2D eigenvalue weighted by Crippen LogP contribution is -2.30. The number of nitrogens with two attached hydrogens (primary N) is 1. The molecule has 1 heterocycles. The fourth-order valence-electron chi connectivity index (χ4n) is 2.41. The number of nitrogens with zero attached hydrogens (tertiary/aromatic N) is 2. The standard InChI is InChI=1S/C20H33N3O8/c1-2-31-20(26)16-23-15-18(3-4-19(23)25)22(17-24)6-8-28-10-12-30-14-13-29-11-9-27-7-5-21/h3-4,15,17H,2,5-14,16,21H2,1H3. The predicted octanol–water partition coefficient (Wildman–Crippen LogP) is -0.601. The first-order valence-corrected chi connectivity index (χ1v) is 10.2. The molecule has 0 atom stereocenters. The molecule has 1 amide bonds. The summed E-state index contributed by atoms with van der Waals surface area (Å²) in [4.78, 5) is 36.3. The van der Waals surface area contributed by atoms with E-state index >= 15 is 0 Å². The third kappa shape index (κ3) is 12.2. The van der Waals surface area contributed by atoms with Gasteiger partial charge in [-0.2, -0.15) is 0 Å². The maximum Gasteiger partial charge on any atom is 0.326 e. The molecule has 0 unspecified atom stereocenters. The summed E-state index contributed by atoms with van der Waals surface area (Å²) >= 11 is 0. The molecule has 0 bridgehead atoms. The monoisotopic (exact) mass is 443 g/mol. The first-order valence-electron chi connectivity index (χ1n) is 10.2. The Morgan fingerprint density at radius 1 is 1.00 bits per heavy atom. The van der Waals surface area contributed by atoms with E-state index in [1.165, 1.54) is 27.8 Å². The van der Waals surface area contributed by atoms with Crippen LogP contribution in [0.1, 0.15) is 6.92 Å². The van der Waals surface area contributed by atoms with Gasteiger partial charge < -0.3 is 38.9 Å². The van der Waals surface area contributed by atoms with Gasteiger partial charge in [-0.05, 0) is 13.0 Å². The number of amides is 1. The van der Waals surface area contributed by atoms with Crippen LogP contribution in [0.3, 0.4) is 0 Å². The Balaban J connectivity index is 2.22. The van der Waals surface area contributed by atoms with Crippen molar-refractivity contribution in [2.75, 3.05) is 77.5 Å². The van der Waals surface area contributed by atoms with Crippen LogP contribution >= 0.6 is 0 Å². The number of ether oxygens (including phenoxy) is 5. The lowest BCUT2D eigenvalue weighted by atomic mass is 10.3. The van der Waals surface area contributed by atoms with Gasteiger partial charge in [0.05, 0.1) is 65.1 Å². The van der Waals surface area contributed by atoms with E-state index in [0.717, 1.165) is 0 Å². The van der Waals surface area contributed by atoms with Crippen molar-refractivity contribution in [1.29, 1.82) is 0 Å². The van der Waals surface area contributed by atoms with Gasteiger partial charge in [0.25, 0.3) is 5.56 Å². The van der Waals surface area contributed by atoms with Crippen LogP contribution in [0.25, 0.3) is 0 Å². The Labute approximate surface area is 181 Å². The van der Waals surface area contributed by atoms with E-state index in [1.54, 1.807) is 6.92 Å². The van der Waals surface area contributed by atoms with Crippen molar-refractivity contribution in [3.05, 3.63) is 28.7 Å². The summed E-state index contributed by atoms with van der Waals surface area (Å²) in [6, 6.07) is 2.81. The molecule has 0 saturated heterocycles. The summed E-state index contributed by atoms with van der Waals surface area (Å²) in [6.07, 6.45) is 2.08. The summed E-state index contributed by atoms with van der Waals surface area (Å²) in [5.41, 5.74) is 5.42. The molecule has 0 aliphatic rings. The van der Waals surface area contributed by atoms with Crippen molar-refractivity contribution in [2.45, 2.75) is 13.5 Å². The third-order valence-electron chi connectivity index (χ3n) is 3.89. The third-order valence-corrected chi connectivity index (χ3v) is 3.89. The highest BCUT2D eigenvalue weighted by Crippen LogP contribution is 2.09. The Bertz CT molecular complexity index is 683. The van der Waals surface area contributed by atoms with E-state index in [-0.39, 0.29) is 31.9 Å². The van der Waals surface area contributed by atoms with E-state index in [2.05, 4.69) is 0 Å². The minimum Gasteiger partial charge on any atom is -0.465 e. The Kier molecular flexibility index (Phi) is 15.0. The number of rotatable bonds is 19. The van der Waals surface area contributed by atoms with Crippen LogP contribution in [0.15, 0.2) is 23.1 Å². The van der Waals surface area contributed by atoms with Gasteiger partial charge in [0.1, 0.15) is 6.54 Å². The molecule has 1 aromatic rings. The Hall–Kier alpha value is -2.31. The molecule has 0 fully saturated rings. The quantitative estimate of drug-likeness (QED) is 0.169. The van der Waals surface area contributed by atoms with Gasteiger partial charge >= 0.3 is 5.97 Å². The SMILES string of the molecule is CCOC(=O)Cn1cc(N(C=O)CCOCCOCCOCCOCCN)ccc1=O. The zero-order chi connectivity index (χ0) is 22.7. The van der Waals surface area contributed by atoms with Crippen LogP contribution in [0.5, 0.6) is 0 Å². The average molecular weight is 443 g/mol. The first-order chi connectivity index (χ1) is 15.1. The topological polar surface area (TPSA) is 132 Å². The zero-order valence-electron chi connectivity index (χ0n) is 18.0. The van der Waals surface area contributed by atoms with Crippen LogP contribution in [-0.2, 0) is 39.8 Å². The molecule has 11 heteroatoms. The van der Waals surface area contributed by atoms with Gasteiger partial charge in [-0.1, -0.05) is 0 Å². The Morgan fingerprint density at radius 3 is 2.13 bits per heavy atom. The fourth-order valence-corrected chi connectivity index (χ4v) is 2.41. The molecule has 1 aromatic heterocycles. The largest absolute Gasteiger partial charge is 0.465 e. The highest BCUT2D eigenvalue weighted by atomic mass is 16.6. The normalized spacial score (nSPS) is 10.8. The summed E-state index contributed by atoms with van der Waals surface area (Å²) in [5, 5.41) is 0. The molecule has 1 rings (SSSR count). The highest BCUT2D eigenvalue weighted by Gasteiger charge is 2.10. The molecule has 11 nitrogen and oxygen atoms in total. The van der Waals surface area contributed by atoms with Crippen LogP contribution in [0, 0.1) is 0 Å². The second kappa shape index (κ2) is 17.4. The van der Waals surface area contributed by atoms with E-state index in [4.69, 9.17) is 29.4 Å². The van der Waals surface area contributed by atoms with Gasteiger partial charge in [-0.3, -0.25) is 14.4 Å². The molecule has 0 aromatic carbocycles. The molecular formula is C20H33N3O8. The fraction of sp³-hybridized carbons (Fsp3) is 0.650. The van der Waals surface area contributed by atoms with E-state index in [1.807, 2.05) is 0 Å². The van der Waals surface area contributed by atoms with Crippen molar-refractivity contribution < 1.29 is 33.3 Å². The van der Waals surface area contributed by atoms with E-state index in [9.17, 15) is 14.4 Å². The summed E-state index contributed by atoms with van der Waals surface area (Å²) in [5.74, 6) is -0.520. The number of aromatic nitrogens is 1. The number of anilines is 1. The summed E-state index contributed by atoms with van der Waals surface area (Å²) in [6.45, 7) is 5.97. The predicted molar refractivity (Wildman–Crippen MR) is 113 cm³/mol. The lowest BCUT2D eigenvalue weighted by Gasteiger charge is -2.18. The number of hydrogen-bond donors (Lipinski definition) is 1. The summed E-state index contributed by atoms with van der Waals surface area (Å²) in [7, 11) is 0. The highest BCUT2D eigenvalue weighted by molar-refractivity contribution is 5.74. The van der Waals surface area contributed by atoms with Crippen molar-refractivity contribution in [3.8, 4) is 0 Å². The van der Waals surface area contributed by atoms with Gasteiger partial charge in [0.2, 0.25) is 6.41 Å². The van der Waals surface area contributed by atoms with Crippen LogP contribution in [0.4, 0.5) is 5.69 Å². The maximum absolute atomic E-state index is 11.9. The number of carbonyl (C=O) groups excluding carboxylic acids is 2. The van der Waals surface area contributed by atoms with Gasteiger partial charge in [0.15, 0.2) is 0 Å². The number of carbonyl (C=O) groups is 2. The first kappa shape index (κ1) is 26.7. The molecule has 0 spiro atoms.